The molecule has 2 N–H and O–H groups in total. The maximum atomic E-state index is 5.85. The number of anilines is 1. The quantitative estimate of drug-likeness (QED) is 0.177. The highest BCUT2D eigenvalue weighted by Crippen LogP contribution is 2.40. The molecule has 52 heavy (non-hydrogen) atoms. The van der Waals surface area contributed by atoms with E-state index in [0.717, 1.165) is 10.2 Å². The van der Waals surface area contributed by atoms with Crippen molar-refractivity contribution in [2.45, 2.75) is 0 Å². The second kappa shape index (κ2) is 13.9. The lowest BCUT2D eigenvalue weighted by molar-refractivity contribution is 1.58. The van der Waals surface area contributed by atoms with E-state index in [1.165, 1.54) is 84.9 Å². The predicted octanol–water partition coefficient (Wildman–Crippen LogP) is 15.1. The fraction of sp³-hybridized carbons (Fsp3) is 0. The molecule has 10 aromatic rings. The first-order valence-electron chi connectivity index (χ1n) is 17.2. The van der Waals surface area contributed by atoms with Gasteiger partial charge in [-0.25, -0.2) is 0 Å². The lowest BCUT2D eigenvalue weighted by atomic mass is 9.94. The number of rotatable bonds is 4. The molecule has 10 rings (SSSR count). The van der Waals surface area contributed by atoms with Gasteiger partial charge in [-0.15, -0.1) is 22.7 Å². The van der Waals surface area contributed by atoms with Crippen LogP contribution in [0.4, 0.5) is 5.69 Å². The fourth-order valence-corrected chi connectivity index (χ4v) is 9.61. The zero-order chi connectivity index (χ0) is 35.0. The first-order valence-corrected chi connectivity index (χ1v) is 19.6. The Bertz CT molecular complexity index is 2670. The van der Waals surface area contributed by atoms with Gasteiger partial charge in [0.15, 0.2) is 0 Å². The van der Waals surface area contributed by atoms with E-state index >= 15 is 0 Å². The molecule has 2 aromatic heterocycles. The SMILES string of the molecule is Brc1ccc(-c2ccccc2-c2ccc3c(c2)sc2ccccc23)cc1.Nc1ccc(-c2ccccc2-c2ccc3c(c2)sc2ccccc23)cc1. The Hall–Kier alpha value is -5.52. The summed E-state index contributed by atoms with van der Waals surface area (Å²) in [7, 11) is 0. The van der Waals surface area contributed by atoms with Crippen molar-refractivity contribution in [3.05, 3.63) is 186 Å². The van der Waals surface area contributed by atoms with Gasteiger partial charge >= 0.3 is 0 Å². The summed E-state index contributed by atoms with van der Waals surface area (Å²) < 4.78 is 6.46. The van der Waals surface area contributed by atoms with Crippen molar-refractivity contribution in [3.63, 3.8) is 0 Å². The summed E-state index contributed by atoms with van der Waals surface area (Å²) in [6.07, 6.45) is 0. The molecule has 0 spiro atoms. The smallest absolute Gasteiger partial charge is 0.0361 e. The lowest BCUT2D eigenvalue weighted by Gasteiger charge is -2.10. The molecule has 0 saturated heterocycles. The molecule has 0 radical (unpaired) electrons. The molecular formula is C48H32BrNS2. The second-order valence-corrected chi connectivity index (χ2v) is 15.9. The number of hydrogen-bond acceptors (Lipinski definition) is 3. The summed E-state index contributed by atoms with van der Waals surface area (Å²) in [5.41, 5.74) is 16.6. The Morgan fingerprint density at radius 3 is 1.13 bits per heavy atom. The standard InChI is InChI=1S/C24H15BrS.C24H17NS/c2*25-18-12-9-16(10-13-18)19-5-1-2-6-20(19)17-11-14-22-21-7-3-4-8-23(21)26-24(22)15-17/h1-15H;1-15H,25H2. The number of fused-ring (bicyclic) bond motifs is 6. The van der Waals surface area contributed by atoms with E-state index < -0.39 is 0 Å². The lowest BCUT2D eigenvalue weighted by Crippen LogP contribution is -1.87. The molecule has 248 valence electrons. The topological polar surface area (TPSA) is 26.0 Å². The van der Waals surface area contributed by atoms with E-state index in [4.69, 9.17) is 5.73 Å². The first kappa shape index (κ1) is 32.4. The van der Waals surface area contributed by atoms with Gasteiger partial charge in [0, 0.05) is 50.5 Å². The van der Waals surface area contributed by atoms with Crippen LogP contribution in [0.2, 0.25) is 0 Å². The third-order valence-corrected chi connectivity index (χ3v) is 12.4. The van der Waals surface area contributed by atoms with E-state index in [9.17, 15) is 0 Å². The van der Waals surface area contributed by atoms with E-state index in [1.807, 2.05) is 34.8 Å². The van der Waals surface area contributed by atoms with Crippen molar-refractivity contribution in [2.75, 3.05) is 5.73 Å². The largest absolute Gasteiger partial charge is 0.399 e. The van der Waals surface area contributed by atoms with Crippen LogP contribution in [0, 0.1) is 0 Å². The Morgan fingerprint density at radius 1 is 0.327 bits per heavy atom. The second-order valence-electron chi connectivity index (χ2n) is 12.8. The van der Waals surface area contributed by atoms with Crippen molar-refractivity contribution in [2.24, 2.45) is 0 Å². The normalized spacial score (nSPS) is 11.2. The minimum Gasteiger partial charge on any atom is -0.399 e. The first-order chi connectivity index (χ1) is 25.6. The fourth-order valence-electron chi connectivity index (χ4n) is 7.05. The minimum absolute atomic E-state index is 0.790. The third kappa shape index (κ3) is 6.20. The summed E-state index contributed by atoms with van der Waals surface area (Å²) in [6.45, 7) is 0. The molecule has 0 unspecified atom stereocenters. The molecule has 1 nitrogen and oxygen atoms in total. The summed E-state index contributed by atoms with van der Waals surface area (Å²) in [5.74, 6) is 0. The highest BCUT2D eigenvalue weighted by atomic mass is 79.9. The summed E-state index contributed by atoms with van der Waals surface area (Å²) in [6, 6.07) is 64.7. The Labute approximate surface area is 319 Å². The van der Waals surface area contributed by atoms with Crippen LogP contribution >= 0.6 is 38.6 Å². The Morgan fingerprint density at radius 2 is 0.673 bits per heavy atom. The predicted molar refractivity (Wildman–Crippen MR) is 233 cm³/mol. The number of hydrogen-bond donors (Lipinski definition) is 1. The maximum absolute atomic E-state index is 5.85. The molecule has 0 atom stereocenters. The highest BCUT2D eigenvalue weighted by Gasteiger charge is 2.12. The molecule has 0 amide bonds. The van der Waals surface area contributed by atoms with Gasteiger partial charge < -0.3 is 5.73 Å². The van der Waals surface area contributed by atoms with Crippen LogP contribution in [0.25, 0.3) is 84.9 Å². The van der Waals surface area contributed by atoms with Crippen molar-refractivity contribution >= 4 is 84.6 Å². The van der Waals surface area contributed by atoms with Gasteiger partial charge in [0.2, 0.25) is 0 Å². The van der Waals surface area contributed by atoms with Crippen LogP contribution in [0.5, 0.6) is 0 Å². The van der Waals surface area contributed by atoms with Crippen LogP contribution in [-0.4, -0.2) is 0 Å². The summed E-state index contributed by atoms with van der Waals surface area (Å²) in [4.78, 5) is 0. The van der Waals surface area contributed by atoms with Gasteiger partial charge in [0.05, 0.1) is 0 Å². The number of nitrogens with two attached hydrogens (primary N) is 1. The molecule has 0 aliphatic heterocycles. The Kier molecular flexibility index (Phi) is 8.65. The van der Waals surface area contributed by atoms with Crippen LogP contribution in [0.3, 0.4) is 0 Å². The van der Waals surface area contributed by atoms with Crippen LogP contribution < -0.4 is 5.73 Å². The van der Waals surface area contributed by atoms with E-state index in [2.05, 4.69) is 186 Å². The number of thiophene rings is 2. The molecule has 4 heteroatoms. The van der Waals surface area contributed by atoms with Crippen molar-refractivity contribution in [1.82, 2.24) is 0 Å². The van der Waals surface area contributed by atoms with Gasteiger partial charge in [0.25, 0.3) is 0 Å². The molecule has 0 bridgehead atoms. The average molecular weight is 767 g/mol. The Balaban J connectivity index is 0.000000138. The zero-order valence-corrected chi connectivity index (χ0v) is 31.3. The average Bonchev–Trinajstić information content (AvgIpc) is 3.76. The molecule has 8 aromatic carbocycles. The van der Waals surface area contributed by atoms with Crippen molar-refractivity contribution in [1.29, 1.82) is 0 Å². The number of nitrogen functional groups attached to an aromatic ring is 1. The zero-order valence-electron chi connectivity index (χ0n) is 28.1. The van der Waals surface area contributed by atoms with Gasteiger partial charge in [0.1, 0.15) is 0 Å². The summed E-state index contributed by atoms with van der Waals surface area (Å²) >= 11 is 7.25. The number of benzene rings is 8. The van der Waals surface area contributed by atoms with Gasteiger partial charge in [-0.05, 0) is 93.0 Å². The minimum atomic E-state index is 0.790. The number of halogens is 1. The highest BCUT2D eigenvalue weighted by molar-refractivity contribution is 9.10. The van der Waals surface area contributed by atoms with Crippen molar-refractivity contribution < 1.29 is 0 Å². The summed E-state index contributed by atoms with van der Waals surface area (Å²) in [5, 5.41) is 5.36. The maximum Gasteiger partial charge on any atom is 0.0361 e. The van der Waals surface area contributed by atoms with Gasteiger partial charge in [-0.3, -0.25) is 0 Å². The molecule has 0 saturated carbocycles. The molecule has 0 aliphatic rings. The van der Waals surface area contributed by atoms with Crippen LogP contribution in [0.1, 0.15) is 0 Å². The van der Waals surface area contributed by atoms with E-state index in [-0.39, 0.29) is 0 Å². The van der Waals surface area contributed by atoms with Gasteiger partial charge in [-0.1, -0.05) is 149 Å². The van der Waals surface area contributed by atoms with Crippen LogP contribution in [0.15, 0.2) is 186 Å². The van der Waals surface area contributed by atoms with Crippen LogP contribution in [-0.2, 0) is 0 Å². The van der Waals surface area contributed by atoms with E-state index in [0.29, 0.717) is 0 Å². The monoisotopic (exact) mass is 765 g/mol. The third-order valence-electron chi connectivity index (χ3n) is 9.61. The molecule has 0 aliphatic carbocycles. The van der Waals surface area contributed by atoms with E-state index in [1.54, 1.807) is 0 Å². The van der Waals surface area contributed by atoms with Crippen molar-refractivity contribution in [3.8, 4) is 44.5 Å². The molecule has 2 heterocycles. The van der Waals surface area contributed by atoms with Gasteiger partial charge in [-0.2, -0.15) is 0 Å². The molecular weight excluding hydrogens is 735 g/mol. The molecule has 0 fully saturated rings.